The molecule has 0 spiro atoms. The highest BCUT2D eigenvalue weighted by molar-refractivity contribution is 5.94. The van der Waals surface area contributed by atoms with Crippen molar-refractivity contribution in [2.75, 3.05) is 43.5 Å². The van der Waals surface area contributed by atoms with Gasteiger partial charge in [-0.2, -0.15) is 0 Å². The van der Waals surface area contributed by atoms with E-state index in [1.54, 1.807) is 12.0 Å². The van der Waals surface area contributed by atoms with E-state index < -0.39 is 46.7 Å². The Morgan fingerprint density at radius 2 is 1.48 bits per heavy atom. The molecule has 1 heterocycles. The summed E-state index contributed by atoms with van der Waals surface area (Å²) in [5.41, 5.74) is -0.357. The van der Waals surface area contributed by atoms with Crippen LogP contribution in [-0.2, 0) is 4.79 Å². The normalized spacial score (nSPS) is 16.0. The fourth-order valence-corrected chi connectivity index (χ4v) is 3.48. The van der Waals surface area contributed by atoms with Crippen LogP contribution in [0.3, 0.4) is 0 Å². The highest BCUT2D eigenvalue weighted by atomic mass is 19.2. The smallest absolute Gasteiger partial charge is 0.241 e. The van der Waals surface area contributed by atoms with Crippen LogP contribution in [0.2, 0.25) is 0 Å². The number of anilines is 2. The van der Waals surface area contributed by atoms with Crippen molar-refractivity contribution in [1.82, 2.24) is 4.90 Å². The highest BCUT2D eigenvalue weighted by Gasteiger charge is 2.30. The first-order valence-electron chi connectivity index (χ1n) is 9.70. The Labute approximate surface area is 176 Å². The van der Waals surface area contributed by atoms with E-state index in [2.05, 4.69) is 4.90 Å². The van der Waals surface area contributed by atoms with E-state index in [4.69, 9.17) is 4.74 Å². The molecule has 2 aromatic rings. The molecule has 3 rings (SSSR count). The first kappa shape index (κ1) is 22.8. The van der Waals surface area contributed by atoms with Crippen molar-refractivity contribution >= 4 is 17.3 Å². The van der Waals surface area contributed by atoms with E-state index in [0.717, 1.165) is 18.0 Å². The zero-order valence-corrected chi connectivity index (χ0v) is 17.0. The number of ether oxygens (including phenoxy) is 1. The number of amides is 1. The van der Waals surface area contributed by atoms with Gasteiger partial charge in [0.2, 0.25) is 11.7 Å². The van der Waals surface area contributed by atoms with Crippen LogP contribution in [0.15, 0.2) is 24.3 Å². The molecule has 0 saturated carbocycles. The second-order valence-corrected chi connectivity index (χ2v) is 7.18. The molecule has 1 fully saturated rings. The summed E-state index contributed by atoms with van der Waals surface area (Å²) >= 11 is 0. The molecule has 2 aromatic carbocycles. The number of rotatable bonds is 5. The Morgan fingerprint density at radius 1 is 0.903 bits per heavy atom. The lowest BCUT2D eigenvalue weighted by Gasteiger charge is -2.27. The summed E-state index contributed by atoms with van der Waals surface area (Å²) in [6.07, 6.45) is 0.714. The van der Waals surface area contributed by atoms with E-state index >= 15 is 0 Å². The third kappa shape index (κ3) is 4.73. The molecule has 1 atom stereocenters. The van der Waals surface area contributed by atoms with Gasteiger partial charge in [-0.1, -0.05) is 0 Å². The zero-order chi connectivity index (χ0) is 22.7. The first-order chi connectivity index (χ1) is 14.7. The van der Waals surface area contributed by atoms with Crippen molar-refractivity contribution < 1.29 is 31.5 Å². The molecule has 0 bridgehead atoms. The molecule has 1 saturated heterocycles. The molecule has 1 amide bonds. The number of nitrogens with one attached hydrogen (secondary N) is 1. The largest absolute Gasteiger partial charge is 0.497 e. The summed E-state index contributed by atoms with van der Waals surface area (Å²) in [7, 11) is 1.58. The second-order valence-electron chi connectivity index (χ2n) is 7.18. The third-order valence-corrected chi connectivity index (χ3v) is 5.35. The first-order valence-corrected chi connectivity index (χ1v) is 9.70. The van der Waals surface area contributed by atoms with Crippen molar-refractivity contribution in [2.45, 2.75) is 19.4 Å². The number of carbonyl (C=O) groups excluding carboxylic acids is 1. The summed E-state index contributed by atoms with van der Waals surface area (Å²) in [5, 5.41) is 1.86. The minimum Gasteiger partial charge on any atom is -0.497 e. The quantitative estimate of drug-likeness (QED) is 0.432. The van der Waals surface area contributed by atoms with E-state index in [9.17, 15) is 26.7 Å². The van der Waals surface area contributed by atoms with Crippen molar-refractivity contribution in [2.24, 2.45) is 0 Å². The topological polar surface area (TPSA) is 44.8 Å². The van der Waals surface area contributed by atoms with Gasteiger partial charge in [0.05, 0.1) is 13.2 Å². The number of carbonyl (C=O) groups is 1. The minimum atomic E-state index is -2.27. The van der Waals surface area contributed by atoms with Crippen LogP contribution in [0.1, 0.15) is 13.3 Å². The van der Waals surface area contributed by atoms with Gasteiger partial charge < -0.3 is 15.0 Å². The van der Waals surface area contributed by atoms with Crippen LogP contribution in [0.4, 0.5) is 33.3 Å². The predicted octanol–water partition coefficient (Wildman–Crippen LogP) is 3.93. The van der Waals surface area contributed by atoms with E-state index in [0.29, 0.717) is 26.1 Å². The third-order valence-electron chi connectivity index (χ3n) is 5.35. The van der Waals surface area contributed by atoms with Gasteiger partial charge in [0.25, 0.3) is 0 Å². The summed E-state index contributed by atoms with van der Waals surface area (Å²) in [6, 6.07) is 6.70. The van der Waals surface area contributed by atoms with Crippen LogP contribution < -0.4 is 15.0 Å². The zero-order valence-electron chi connectivity index (χ0n) is 17.0. The number of methoxy groups -OCH3 is 1. The molecule has 1 unspecified atom stereocenters. The molecule has 5 nitrogen and oxygen atoms in total. The van der Waals surface area contributed by atoms with Gasteiger partial charge in [-0.3, -0.25) is 9.69 Å². The van der Waals surface area contributed by atoms with Crippen molar-refractivity contribution in [1.29, 1.82) is 0 Å². The lowest BCUT2D eigenvalue weighted by atomic mass is 10.2. The Morgan fingerprint density at radius 3 is 2.06 bits per heavy atom. The van der Waals surface area contributed by atoms with Crippen molar-refractivity contribution in [3.05, 3.63) is 53.4 Å². The van der Waals surface area contributed by atoms with Gasteiger partial charge in [0.15, 0.2) is 23.3 Å². The Balaban J connectivity index is 1.68. The summed E-state index contributed by atoms with van der Waals surface area (Å²) in [5.74, 6) is -10.7. The van der Waals surface area contributed by atoms with Gasteiger partial charge in [0, 0.05) is 31.9 Å². The minimum absolute atomic E-state index is 0.470. The number of hydrogen-bond donors (Lipinski definition) is 1. The molecule has 0 aromatic heterocycles. The van der Waals surface area contributed by atoms with Crippen molar-refractivity contribution in [3.63, 3.8) is 0 Å². The molecule has 1 aliphatic rings. The molecule has 1 N–H and O–H groups in total. The number of benzene rings is 2. The van der Waals surface area contributed by atoms with E-state index in [1.165, 1.54) is 6.92 Å². The summed E-state index contributed by atoms with van der Waals surface area (Å²) in [6.45, 7) is 3.84. The number of hydrogen-bond acceptors (Lipinski definition) is 4. The maximum atomic E-state index is 13.9. The molecular weight excluding hydrogens is 421 g/mol. The molecule has 31 heavy (non-hydrogen) atoms. The van der Waals surface area contributed by atoms with Crippen molar-refractivity contribution in [3.8, 4) is 5.75 Å². The van der Waals surface area contributed by atoms with Gasteiger partial charge in [-0.05, 0) is 37.6 Å². The molecule has 168 valence electrons. The molecule has 0 aliphatic carbocycles. The Kier molecular flexibility index (Phi) is 6.99. The fourth-order valence-electron chi connectivity index (χ4n) is 3.48. The monoisotopic (exact) mass is 443 g/mol. The van der Waals surface area contributed by atoms with Gasteiger partial charge in [-0.15, -0.1) is 0 Å². The number of nitrogens with zero attached hydrogens (tertiary/aromatic N) is 2. The predicted molar refractivity (Wildman–Crippen MR) is 106 cm³/mol. The SMILES string of the molecule is COc1ccc(N2CCCN(C(C)C(=O)Nc3c(F)c(F)c(F)c(F)c3F)CC2)cc1. The molecule has 1 aliphatic heterocycles. The maximum Gasteiger partial charge on any atom is 0.241 e. The molecule has 10 heteroatoms. The summed E-state index contributed by atoms with van der Waals surface area (Å²) < 4.78 is 72.8. The summed E-state index contributed by atoms with van der Waals surface area (Å²) in [4.78, 5) is 16.4. The molecule has 0 radical (unpaired) electrons. The molecular formula is C21H22F5N3O2. The Hall–Kier alpha value is -2.88. The number of halogens is 5. The van der Waals surface area contributed by atoms with Gasteiger partial charge in [0.1, 0.15) is 11.4 Å². The Bertz CT molecular complexity index is 926. The standard InChI is InChI=1S/C21H22F5N3O2/c1-12(21(30)27-20-18(25)16(23)15(22)17(24)19(20)26)28-8-3-9-29(11-10-28)13-4-6-14(31-2)7-5-13/h4-7,12H,3,8-11H2,1-2H3,(H,27,30). The van der Waals surface area contributed by atoms with Crippen LogP contribution in [-0.4, -0.2) is 50.1 Å². The lowest BCUT2D eigenvalue weighted by Crippen LogP contribution is -2.44. The lowest BCUT2D eigenvalue weighted by molar-refractivity contribution is -0.120. The van der Waals surface area contributed by atoms with E-state index in [-0.39, 0.29) is 0 Å². The van der Waals surface area contributed by atoms with Crippen LogP contribution in [0, 0.1) is 29.1 Å². The van der Waals surface area contributed by atoms with Gasteiger partial charge >= 0.3 is 0 Å². The fraction of sp³-hybridized carbons (Fsp3) is 0.381. The van der Waals surface area contributed by atoms with Crippen LogP contribution >= 0.6 is 0 Å². The average Bonchev–Trinajstić information content (AvgIpc) is 3.05. The van der Waals surface area contributed by atoms with E-state index in [1.807, 2.05) is 29.6 Å². The van der Waals surface area contributed by atoms with Crippen LogP contribution in [0.25, 0.3) is 0 Å². The van der Waals surface area contributed by atoms with Gasteiger partial charge in [-0.25, -0.2) is 22.0 Å². The highest BCUT2D eigenvalue weighted by Crippen LogP contribution is 2.27. The maximum absolute atomic E-state index is 13.9. The van der Waals surface area contributed by atoms with Crippen LogP contribution in [0.5, 0.6) is 5.75 Å². The average molecular weight is 443 g/mol. The second kappa shape index (κ2) is 9.51.